The fourth-order valence-electron chi connectivity index (χ4n) is 0. The molecule has 0 fully saturated rings. The van der Waals surface area contributed by atoms with E-state index in [1.54, 1.807) is 13.8 Å². The Kier molecular flexibility index (Phi) is 8.37. The number of aliphatic carboxylic acids is 1. The van der Waals surface area contributed by atoms with E-state index in [2.05, 4.69) is 0 Å². The van der Waals surface area contributed by atoms with Gasteiger partial charge in [0, 0.05) is 12.1 Å². The van der Waals surface area contributed by atoms with Crippen LogP contribution in [0, 0.1) is 0 Å². The van der Waals surface area contributed by atoms with Crippen LogP contribution in [-0.2, 0) is 4.79 Å². The molecule has 1 N–H and O–H groups in total. The second-order valence-electron chi connectivity index (χ2n) is 1.59. The van der Waals surface area contributed by atoms with Gasteiger partial charge in [0.1, 0.15) is 0 Å². The van der Waals surface area contributed by atoms with E-state index in [1.807, 2.05) is 0 Å². The average molecular weight is 119 g/mol. The van der Waals surface area contributed by atoms with Gasteiger partial charge in [-0.2, -0.15) is 0 Å². The number of aliphatic hydroxyl groups excluding tert-OH is 1. The molecule has 0 atom stereocenters. The Morgan fingerprint density at radius 3 is 1.62 bits per heavy atom. The van der Waals surface area contributed by atoms with Gasteiger partial charge in [-0.15, -0.1) is 0 Å². The molecule has 0 aliphatic carbocycles. The minimum absolute atomic E-state index is 0.167. The van der Waals surface area contributed by atoms with Crippen molar-refractivity contribution in [3.63, 3.8) is 0 Å². The number of rotatable bonds is 0. The monoisotopic (exact) mass is 119 g/mol. The van der Waals surface area contributed by atoms with Gasteiger partial charge in [-0.25, -0.2) is 0 Å². The van der Waals surface area contributed by atoms with Crippen molar-refractivity contribution in [3.8, 4) is 0 Å². The van der Waals surface area contributed by atoms with Gasteiger partial charge >= 0.3 is 0 Å². The lowest BCUT2D eigenvalue weighted by Gasteiger charge is -1.80. The highest BCUT2D eigenvalue weighted by Gasteiger charge is 1.69. The normalized spacial score (nSPS) is 7.62. The highest BCUT2D eigenvalue weighted by Crippen LogP contribution is 1.65. The number of aliphatic hydroxyl groups is 1. The number of hydrogen-bond acceptors (Lipinski definition) is 3. The molecule has 0 aliphatic rings. The van der Waals surface area contributed by atoms with Crippen LogP contribution < -0.4 is 5.11 Å². The van der Waals surface area contributed by atoms with Gasteiger partial charge in [-0.05, 0) is 20.8 Å². The molecule has 0 aromatic heterocycles. The van der Waals surface area contributed by atoms with Crippen molar-refractivity contribution in [2.45, 2.75) is 26.9 Å². The van der Waals surface area contributed by atoms with Crippen LogP contribution >= 0.6 is 0 Å². The molecule has 0 heterocycles. The lowest BCUT2D eigenvalue weighted by Crippen LogP contribution is -2.16. The van der Waals surface area contributed by atoms with Crippen LogP contribution in [0.25, 0.3) is 0 Å². The first-order valence-electron chi connectivity index (χ1n) is 2.32. The fourth-order valence-corrected chi connectivity index (χ4v) is 0. The molecule has 0 radical (unpaired) electrons. The molecule has 0 amide bonds. The molecule has 0 aliphatic heterocycles. The van der Waals surface area contributed by atoms with Crippen molar-refractivity contribution in [3.05, 3.63) is 0 Å². The predicted octanol–water partition coefficient (Wildman–Crippen LogP) is -0.857. The molecule has 0 unspecified atom stereocenters. The predicted molar refractivity (Wildman–Crippen MR) is 28.0 cm³/mol. The summed E-state index contributed by atoms with van der Waals surface area (Å²) >= 11 is 0. The summed E-state index contributed by atoms with van der Waals surface area (Å²) in [6, 6.07) is 0. The molecule has 0 aromatic carbocycles. The van der Waals surface area contributed by atoms with E-state index < -0.39 is 5.97 Å². The summed E-state index contributed by atoms with van der Waals surface area (Å²) in [5.41, 5.74) is 0. The Bertz CT molecular complexity index is 51.9. The summed E-state index contributed by atoms with van der Waals surface area (Å²) in [6.45, 7) is 4.42. The van der Waals surface area contributed by atoms with Crippen LogP contribution in [0.15, 0.2) is 0 Å². The Labute approximate surface area is 49.0 Å². The van der Waals surface area contributed by atoms with Crippen LogP contribution in [0.4, 0.5) is 0 Å². The maximum atomic E-state index is 8.89. The number of carboxylic acids is 1. The summed E-state index contributed by atoms with van der Waals surface area (Å²) < 4.78 is 0. The molecule has 0 saturated heterocycles. The summed E-state index contributed by atoms with van der Waals surface area (Å²) in [4.78, 5) is 8.89. The molecule has 3 heteroatoms. The van der Waals surface area contributed by atoms with E-state index in [4.69, 9.17) is 15.0 Å². The standard InChI is InChI=1S/C3H8O.C2H4O2/c1-3(2)4;1-2(3)4/h3-4H,1-2H3;1H3,(H,3,4)/p-1. The third-order valence-corrected chi connectivity index (χ3v) is 0. The molecule has 3 nitrogen and oxygen atoms in total. The van der Waals surface area contributed by atoms with Crippen LogP contribution in [-0.4, -0.2) is 17.2 Å². The molecular weight excluding hydrogens is 108 g/mol. The highest BCUT2D eigenvalue weighted by molar-refractivity contribution is 5.60. The van der Waals surface area contributed by atoms with Gasteiger partial charge in [-0.3, -0.25) is 0 Å². The van der Waals surface area contributed by atoms with Gasteiger partial charge in [0.15, 0.2) is 0 Å². The summed E-state index contributed by atoms with van der Waals surface area (Å²) in [6.07, 6.45) is -0.167. The van der Waals surface area contributed by atoms with E-state index >= 15 is 0 Å². The van der Waals surface area contributed by atoms with E-state index in [0.29, 0.717) is 0 Å². The number of hydrogen-bond donors (Lipinski definition) is 1. The molecular formula is C5H11O3-. The average Bonchev–Trinajstić information content (AvgIpc) is 1.25. The molecule has 0 spiro atoms. The Morgan fingerprint density at radius 1 is 1.62 bits per heavy atom. The maximum Gasteiger partial charge on any atom is 0.0483 e. The van der Waals surface area contributed by atoms with E-state index in [-0.39, 0.29) is 6.10 Å². The number of carboxylic acid groups (broad SMARTS) is 1. The molecule has 0 aromatic rings. The van der Waals surface area contributed by atoms with Gasteiger partial charge in [0.25, 0.3) is 0 Å². The van der Waals surface area contributed by atoms with Crippen molar-refractivity contribution >= 4 is 5.97 Å². The topological polar surface area (TPSA) is 60.4 Å². The van der Waals surface area contributed by atoms with Crippen molar-refractivity contribution < 1.29 is 15.0 Å². The second-order valence-corrected chi connectivity index (χ2v) is 1.59. The largest absolute Gasteiger partial charge is 0.550 e. The van der Waals surface area contributed by atoms with E-state index in [0.717, 1.165) is 6.92 Å². The lowest BCUT2D eigenvalue weighted by molar-refractivity contribution is -0.302. The Balaban J connectivity index is 0. The minimum atomic E-state index is -1.08. The van der Waals surface area contributed by atoms with Crippen LogP contribution in [0.2, 0.25) is 0 Å². The van der Waals surface area contributed by atoms with Crippen molar-refractivity contribution in [1.82, 2.24) is 0 Å². The Morgan fingerprint density at radius 2 is 1.62 bits per heavy atom. The van der Waals surface area contributed by atoms with Gasteiger partial charge < -0.3 is 15.0 Å². The number of carbonyl (C=O) groups excluding carboxylic acids is 1. The highest BCUT2D eigenvalue weighted by atomic mass is 16.4. The molecule has 0 rings (SSSR count). The second kappa shape index (κ2) is 6.43. The first-order chi connectivity index (χ1) is 3.46. The number of carbonyl (C=O) groups is 1. The third-order valence-electron chi connectivity index (χ3n) is 0. The van der Waals surface area contributed by atoms with Crippen molar-refractivity contribution in [2.75, 3.05) is 0 Å². The van der Waals surface area contributed by atoms with Crippen molar-refractivity contribution in [1.29, 1.82) is 0 Å². The van der Waals surface area contributed by atoms with Gasteiger partial charge in [0.05, 0.1) is 0 Å². The smallest absolute Gasteiger partial charge is 0.0483 e. The van der Waals surface area contributed by atoms with Gasteiger partial charge in [0.2, 0.25) is 0 Å². The lowest BCUT2D eigenvalue weighted by atomic mass is 10.5. The summed E-state index contributed by atoms with van der Waals surface area (Å²) in [5, 5.41) is 16.9. The third kappa shape index (κ3) is 328. The van der Waals surface area contributed by atoms with E-state index in [9.17, 15) is 0 Å². The van der Waals surface area contributed by atoms with Crippen LogP contribution in [0.3, 0.4) is 0 Å². The zero-order valence-corrected chi connectivity index (χ0v) is 5.34. The van der Waals surface area contributed by atoms with Crippen molar-refractivity contribution in [2.24, 2.45) is 0 Å². The van der Waals surface area contributed by atoms with Crippen LogP contribution in [0.5, 0.6) is 0 Å². The maximum absolute atomic E-state index is 8.89. The summed E-state index contributed by atoms with van der Waals surface area (Å²) in [5.74, 6) is -1.08. The molecule has 0 saturated carbocycles. The van der Waals surface area contributed by atoms with Crippen LogP contribution in [0.1, 0.15) is 20.8 Å². The zero-order chi connectivity index (χ0) is 7.15. The first kappa shape index (κ1) is 10.4. The SMILES string of the molecule is CC(=O)[O-].CC(C)O. The summed E-state index contributed by atoms with van der Waals surface area (Å²) in [7, 11) is 0. The molecule has 50 valence electrons. The molecule has 0 bridgehead atoms. The zero-order valence-electron chi connectivity index (χ0n) is 5.34. The fraction of sp³-hybridized carbons (Fsp3) is 0.800. The quantitative estimate of drug-likeness (QED) is 0.451. The van der Waals surface area contributed by atoms with Gasteiger partial charge in [-0.1, -0.05) is 0 Å². The first-order valence-corrected chi connectivity index (χ1v) is 2.32. The molecule has 8 heavy (non-hydrogen) atoms. The Hall–Kier alpha value is -0.570. The minimum Gasteiger partial charge on any atom is -0.550 e. The van der Waals surface area contributed by atoms with E-state index in [1.165, 1.54) is 0 Å².